The fraction of sp³-hybridized carbons (Fsp3) is 0.235. The Kier molecular flexibility index (Phi) is 5.16. The minimum Gasteiger partial charge on any atom is -0.486 e. The quantitative estimate of drug-likeness (QED) is 0.174. The molecule has 6 rings (SSSR count). The van der Waals surface area contributed by atoms with E-state index in [-0.39, 0.29) is 42.4 Å². The van der Waals surface area contributed by atoms with Crippen LogP contribution in [0.3, 0.4) is 0 Å². The van der Waals surface area contributed by atoms with E-state index < -0.39 is 32.3 Å². The van der Waals surface area contributed by atoms with Crippen molar-refractivity contribution in [3.8, 4) is 22.5 Å². The zero-order valence-electron chi connectivity index (χ0n) is 32.6. The summed E-state index contributed by atoms with van der Waals surface area (Å²) in [5.41, 5.74) is 3.82. The van der Waals surface area contributed by atoms with Gasteiger partial charge in [0.05, 0.1) is 5.58 Å². The Labute approximate surface area is 259 Å². The fourth-order valence-electron chi connectivity index (χ4n) is 3.95. The van der Waals surface area contributed by atoms with E-state index >= 15 is 0 Å². The van der Waals surface area contributed by atoms with E-state index in [0.29, 0.717) is 33.8 Å². The number of rotatable bonds is 3. The number of nitrogens with zero attached hydrogens (tertiary/aromatic N) is 3. The molecule has 6 aromatic rings. The van der Waals surface area contributed by atoms with Crippen molar-refractivity contribution in [2.45, 2.75) is 47.7 Å². The van der Waals surface area contributed by atoms with Crippen LogP contribution in [0.15, 0.2) is 83.7 Å². The summed E-state index contributed by atoms with van der Waals surface area (Å²) in [6.07, 6.45) is 2.55. The summed E-state index contributed by atoms with van der Waals surface area (Å²) in [6, 6.07) is 22.4. The number of oxazole rings is 1. The Morgan fingerprint density at radius 3 is 2.46 bits per heavy atom. The van der Waals surface area contributed by atoms with Crippen molar-refractivity contribution >= 4 is 16.8 Å². The van der Waals surface area contributed by atoms with Gasteiger partial charge in [-0.2, -0.15) is 0 Å². The van der Waals surface area contributed by atoms with Crippen molar-refractivity contribution in [2.24, 2.45) is 5.41 Å². The third-order valence-electron chi connectivity index (χ3n) is 5.63. The second kappa shape index (κ2) is 11.7. The van der Waals surface area contributed by atoms with Crippen LogP contribution in [0.25, 0.3) is 39.3 Å². The van der Waals surface area contributed by atoms with Crippen LogP contribution in [0.4, 0.5) is 0 Å². The maximum absolute atomic E-state index is 8.68. The van der Waals surface area contributed by atoms with Gasteiger partial charge in [0.2, 0.25) is 0 Å². The minimum atomic E-state index is -2.48. The predicted molar refractivity (Wildman–Crippen MR) is 155 cm³/mol. The van der Waals surface area contributed by atoms with Crippen LogP contribution in [-0.2, 0) is 26.5 Å². The van der Waals surface area contributed by atoms with E-state index in [1.165, 1.54) is 36.7 Å². The van der Waals surface area contributed by atoms with Gasteiger partial charge in [0.15, 0.2) is 5.71 Å². The maximum Gasteiger partial charge on any atom is 0.193 e. The largest absolute Gasteiger partial charge is 0.486 e. The summed E-state index contributed by atoms with van der Waals surface area (Å²) in [5.74, 6) is 0. The molecule has 201 valence electrons. The number of aryl methyl sites for hydroxylation is 3. The molecule has 2 aromatic carbocycles. The van der Waals surface area contributed by atoms with Crippen LogP contribution in [0.1, 0.15) is 58.1 Å². The molecule has 39 heavy (non-hydrogen) atoms. The van der Waals surface area contributed by atoms with Crippen LogP contribution >= 0.6 is 0 Å². The van der Waals surface area contributed by atoms with Crippen LogP contribution in [0.5, 0.6) is 0 Å². The monoisotopic (exact) mass is 703 g/mol. The van der Waals surface area contributed by atoms with E-state index in [4.69, 9.17) is 19.5 Å². The Bertz CT molecular complexity index is 2030. The van der Waals surface area contributed by atoms with Gasteiger partial charge in [-0.1, -0.05) is 56.9 Å². The fourth-order valence-corrected chi connectivity index (χ4v) is 3.95. The van der Waals surface area contributed by atoms with Gasteiger partial charge in [-0.05, 0) is 60.1 Å². The second-order valence-corrected chi connectivity index (χ2v) is 9.80. The first-order chi connectivity index (χ1) is 22.6. The van der Waals surface area contributed by atoms with Crippen LogP contribution in [0.2, 0.25) is 0 Å². The molecule has 5 heteroatoms. The zero-order chi connectivity index (χ0) is 36.2. The Morgan fingerprint density at radius 2 is 1.77 bits per heavy atom. The number of benzene rings is 2. The standard InChI is InChI=1S/C21H21N2O.C13H12N.Ir/c1-14-13-22-17(11-15(14)12-21(2,3)4)16-7-5-8-18-20(16)24-19-9-6-10-23(18)19;1-10-3-6-12(7-4-10)13-8-5-11(2)9-14-13;/h5-6,8-11,13H,12H2,1-4H3;3-6,8-9H,1-2H3;/q2*-1;/i1D3,12D2;1D3,2D3;. The average molecular weight is 703 g/mol. The number of aromatic nitrogens is 3. The Balaban J connectivity index is 0.000000236. The van der Waals surface area contributed by atoms with E-state index in [9.17, 15) is 0 Å². The molecule has 0 aliphatic rings. The molecular weight excluding hydrogens is 659 g/mol. The summed E-state index contributed by atoms with van der Waals surface area (Å²) < 4.78 is 92.4. The topological polar surface area (TPSA) is 43.3 Å². The molecule has 0 saturated heterocycles. The third-order valence-corrected chi connectivity index (χ3v) is 5.63. The van der Waals surface area contributed by atoms with E-state index in [2.05, 4.69) is 22.1 Å². The smallest absolute Gasteiger partial charge is 0.193 e. The number of fused-ring (bicyclic) bond motifs is 3. The average Bonchev–Trinajstić information content (AvgIpc) is 3.61. The molecule has 0 N–H and O–H groups in total. The molecule has 0 unspecified atom stereocenters. The normalized spacial score (nSPS) is 16.7. The first kappa shape index (κ1) is 17.2. The molecule has 0 saturated carbocycles. The van der Waals surface area contributed by atoms with E-state index in [1.807, 2.05) is 28.8 Å². The number of pyridine rings is 2. The van der Waals surface area contributed by atoms with Crippen molar-refractivity contribution < 1.29 is 39.6 Å². The SMILES string of the molecule is [2H]C([2H])([2H])c1c[c-]c(-c2ccc(C([2H])([2H])[2H])cn2)cc1.[2H]C([2H])([2H])c1cnc(-c2[c-]ccc3c2oc2cccn23)cc1C([2H])([2H])C(C)(C)C.[Ir]. The van der Waals surface area contributed by atoms with Crippen LogP contribution < -0.4 is 0 Å². The van der Waals surface area contributed by atoms with Crippen molar-refractivity contribution in [1.29, 1.82) is 0 Å². The van der Waals surface area contributed by atoms with E-state index in [0.717, 1.165) is 5.52 Å². The summed E-state index contributed by atoms with van der Waals surface area (Å²) in [7, 11) is 0. The van der Waals surface area contributed by atoms with Gasteiger partial charge >= 0.3 is 0 Å². The summed E-state index contributed by atoms with van der Waals surface area (Å²) in [4.78, 5) is 8.42. The van der Waals surface area contributed by atoms with Crippen molar-refractivity contribution in [3.63, 3.8) is 0 Å². The molecule has 0 aliphatic carbocycles. The molecule has 4 aromatic heterocycles. The molecular formula is C34H33IrN3O-2. The summed E-state index contributed by atoms with van der Waals surface area (Å²) >= 11 is 0. The van der Waals surface area contributed by atoms with Gasteiger partial charge in [-0.3, -0.25) is 0 Å². The summed E-state index contributed by atoms with van der Waals surface area (Å²) in [5, 5.41) is 0. The summed E-state index contributed by atoms with van der Waals surface area (Å²) in [6.45, 7) is -1.57. The molecule has 4 heterocycles. The molecule has 0 amide bonds. The Morgan fingerprint density at radius 1 is 0.949 bits per heavy atom. The third kappa shape index (κ3) is 6.55. The number of hydrogen-bond acceptors (Lipinski definition) is 3. The van der Waals surface area contributed by atoms with Gasteiger partial charge in [0.1, 0.15) is 0 Å². The zero-order valence-corrected chi connectivity index (χ0v) is 24.0. The van der Waals surface area contributed by atoms with Crippen molar-refractivity contribution in [2.75, 3.05) is 0 Å². The van der Waals surface area contributed by atoms with Gasteiger partial charge in [-0.15, -0.1) is 53.6 Å². The van der Waals surface area contributed by atoms with Crippen molar-refractivity contribution in [3.05, 3.63) is 114 Å². The first-order valence-electron chi connectivity index (χ1n) is 17.5. The van der Waals surface area contributed by atoms with Gasteiger partial charge in [0.25, 0.3) is 0 Å². The molecule has 1 radical (unpaired) electrons. The molecule has 0 atom stereocenters. The Hall–Kier alpha value is -3.53. The van der Waals surface area contributed by atoms with Gasteiger partial charge in [0, 0.05) is 59.3 Å². The maximum atomic E-state index is 8.68. The van der Waals surface area contributed by atoms with Crippen LogP contribution in [0, 0.1) is 38.1 Å². The predicted octanol–water partition coefficient (Wildman–Crippen LogP) is 8.61. The van der Waals surface area contributed by atoms with Gasteiger partial charge < -0.3 is 18.8 Å². The molecule has 0 bridgehead atoms. The minimum absolute atomic E-state index is 0. The van der Waals surface area contributed by atoms with Crippen molar-refractivity contribution in [1.82, 2.24) is 14.4 Å². The molecule has 0 spiro atoms. The van der Waals surface area contributed by atoms with Crippen LogP contribution in [-0.4, -0.2) is 14.4 Å². The second-order valence-electron chi connectivity index (χ2n) is 9.80. The van der Waals surface area contributed by atoms with E-state index in [1.54, 1.807) is 39.0 Å². The number of hydrogen-bond donors (Lipinski definition) is 0. The molecule has 0 fully saturated rings. The first-order valence-corrected chi connectivity index (χ1v) is 12.0. The molecule has 0 aliphatic heterocycles. The molecule has 4 nitrogen and oxygen atoms in total. The van der Waals surface area contributed by atoms with Gasteiger partial charge in [-0.25, -0.2) is 0 Å².